The van der Waals surface area contributed by atoms with E-state index >= 15 is 0 Å². The highest BCUT2D eigenvalue weighted by Crippen LogP contribution is 2.25. The highest BCUT2D eigenvalue weighted by Gasteiger charge is 2.16. The Labute approximate surface area is 169 Å². The van der Waals surface area contributed by atoms with E-state index in [0.717, 1.165) is 29.5 Å². The van der Waals surface area contributed by atoms with Gasteiger partial charge in [0, 0.05) is 18.2 Å². The number of nitrogens with zero attached hydrogens (tertiary/aromatic N) is 1. The van der Waals surface area contributed by atoms with Crippen molar-refractivity contribution in [2.45, 2.75) is 58.0 Å². The Balaban J connectivity index is 2.15. The first kappa shape index (κ1) is 22.0. The summed E-state index contributed by atoms with van der Waals surface area (Å²) in [4.78, 5) is 0. The predicted octanol–water partition coefficient (Wildman–Crippen LogP) is 5.84. The maximum absolute atomic E-state index is 9.67. The maximum atomic E-state index is 9.67. The van der Waals surface area contributed by atoms with Gasteiger partial charge in [-0.05, 0) is 30.5 Å². The Kier molecular flexibility index (Phi) is 9.56. The van der Waals surface area contributed by atoms with E-state index in [9.17, 15) is 5.21 Å². The molecule has 0 spiro atoms. The summed E-state index contributed by atoms with van der Waals surface area (Å²) in [7, 11) is 3.42. The zero-order valence-corrected chi connectivity index (χ0v) is 17.4. The van der Waals surface area contributed by atoms with Crippen LogP contribution in [0.1, 0.15) is 62.1 Å². The first-order valence-corrected chi connectivity index (χ1v) is 10.2. The minimum atomic E-state index is 0.189. The third-order valence-corrected chi connectivity index (χ3v) is 5.09. The van der Waals surface area contributed by atoms with E-state index < -0.39 is 0 Å². The van der Waals surface area contributed by atoms with E-state index in [-0.39, 0.29) is 6.10 Å². The van der Waals surface area contributed by atoms with Gasteiger partial charge in [-0.1, -0.05) is 80.6 Å². The minimum absolute atomic E-state index is 0.189. The second-order valence-electron chi connectivity index (χ2n) is 7.11. The van der Waals surface area contributed by atoms with Gasteiger partial charge in [0.15, 0.2) is 0 Å². The van der Waals surface area contributed by atoms with Crippen LogP contribution in [0.4, 0.5) is 0 Å². The number of hydrogen-bond donors (Lipinski definition) is 1. The second-order valence-corrected chi connectivity index (χ2v) is 7.11. The lowest BCUT2D eigenvalue weighted by Crippen LogP contribution is -2.15. The zero-order chi connectivity index (χ0) is 20.2. The molecule has 0 bridgehead atoms. The lowest BCUT2D eigenvalue weighted by molar-refractivity contribution is 0.0930. The summed E-state index contributed by atoms with van der Waals surface area (Å²) < 4.78 is 11.2. The largest absolute Gasteiger partial charge is 0.496 e. The van der Waals surface area contributed by atoms with Gasteiger partial charge in [0.05, 0.1) is 13.2 Å². The van der Waals surface area contributed by atoms with Crippen LogP contribution < -0.4 is 4.74 Å². The Bertz CT molecular complexity index is 728. The first-order valence-electron chi connectivity index (χ1n) is 10.2. The molecule has 1 atom stereocenters. The van der Waals surface area contributed by atoms with Crippen LogP contribution in [0.15, 0.2) is 53.7 Å². The van der Waals surface area contributed by atoms with Gasteiger partial charge in [-0.3, -0.25) is 0 Å². The van der Waals surface area contributed by atoms with Crippen LogP contribution in [0.25, 0.3) is 0 Å². The summed E-state index contributed by atoms with van der Waals surface area (Å²) in [6.07, 6.45) is 8.39. The SMILES string of the molecule is CCCCCCCC(Cc1ccc(OC)c(/C(=N/O)c2ccccc2)c1)OC. The fourth-order valence-corrected chi connectivity index (χ4v) is 3.47. The van der Waals surface area contributed by atoms with Crippen molar-refractivity contribution in [1.82, 2.24) is 0 Å². The first-order chi connectivity index (χ1) is 13.7. The molecule has 0 saturated heterocycles. The van der Waals surface area contributed by atoms with Crippen LogP contribution in [-0.2, 0) is 11.2 Å². The molecule has 0 saturated carbocycles. The molecule has 0 aliphatic heterocycles. The molecule has 2 aromatic rings. The topological polar surface area (TPSA) is 51.0 Å². The molecule has 4 heteroatoms. The molecule has 1 N–H and O–H groups in total. The summed E-state index contributed by atoms with van der Waals surface area (Å²) in [6.45, 7) is 2.23. The highest BCUT2D eigenvalue weighted by atomic mass is 16.5. The number of unbranched alkanes of at least 4 members (excludes halogenated alkanes) is 4. The molecule has 0 fully saturated rings. The molecule has 0 heterocycles. The molecule has 4 nitrogen and oxygen atoms in total. The van der Waals surface area contributed by atoms with Crippen molar-refractivity contribution >= 4 is 5.71 Å². The maximum Gasteiger partial charge on any atom is 0.128 e. The van der Waals surface area contributed by atoms with Gasteiger partial charge in [-0.15, -0.1) is 0 Å². The van der Waals surface area contributed by atoms with Crippen molar-refractivity contribution in [2.24, 2.45) is 5.16 Å². The number of oxime groups is 1. The molecule has 152 valence electrons. The Morgan fingerprint density at radius 2 is 1.75 bits per heavy atom. The second kappa shape index (κ2) is 12.2. The number of hydrogen-bond acceptors (Lipinski definition) is 4. The summed E-state index contributed by atoms with van der Waals surface area (Å²) in [5, 5.41) is 13.2. The minimum Gasteiger partial charge on any atom is -0.496 e. The fourth-order valence-electron chi connectivity index (χ4n) is 3.47. The summed E-state index contributed by atoms with van der Waals surface area (Å²) in [5.41, 5.74) is 3.28. The normalized spacial score (nSPS) is 12.8. The van der Waals surface area contributed by atoms with E-state index in [2.05, 4.69) is 18.1 Å². The highest BCUT2D eigenvalue weighted by molar-refractivity contribution is 6.14. The van der Waals surface area contributed by atoms with Crippen LogP contribution in [0.5, 0.6) is 5.75 Å². The van der Waals surface area contributed by atoms with Crippen molar-refractivity contribution < 1.29 is 14.7 Å². The summed E-state index contributed by atoms with van der Waals surface area (Å²) in [6, 6.07) is 15.7. The molecular formula is C24H33NO3. The smallest absolute Gasteiger partial charge is 0.128 e. The average molecular weight is 384 g/mol. The van der Waals surface area contributed by atoms with E-state index in [0.29, 0.717) is 11.5 Å². The van der Waals surface area contributed by atoms with Crippen molar-refractivity contribution in [3.05, 3.63) is 65.2 Å². The lowest BCUT2D eigenvalue weighted by Gasteiger charge is -2.17. The monoisotopic (exact) mass is 383 g/mol. The quantitative estimate of drug-likeness (QED) is 0.217. The molecule has 0 amide bonds. The number of methoxy groups -OCH3 is 2. The Hall–Kier alpha value is -2.33. The molecule has 0 aliphatic rings. The standard InChI is InChI=1S/C24H33NO3/c1-4-5-6-7-11-14-21(27-2)17-19-15-16-23(28-3)22(18-19)24(25-26)20-12-9-8-10-13-20/h8-10,12-13,15-16,18,21,26H,4-7,11,14,17H2,1-3H3/b25-24+. The van der Waals surface area contributed by atoms with Gasteiger partial charge in [0.2, 0.25) is 0 Å². The predicted molar refractivity (Wildman–Crippen MR) is 115 cm³/mol. The van der Waals surface area contributed by atoms with Gasteiger partial charge in [0.1, 0.15) is 11.5 Å². The van der Waals surface area contributed by atoms with Crippen molar-refractivity contribution in [2.75, 3.05) is 14.2 Å². The molecule has 1 unspecified atom stereocenters. The van der Waals surface area contributed by atoms with Crippen LogP contribution in [0.2, 0.25) is 0 Å². The molecule has 28 heavy (non-hydrogen) atoms. The van der Waals surface area contributed by atoms with Gasteiger partial charge in [0.25, 0.3) is 0 Å². The van der Waals surface area contributed by atoms with Crippen LogP contribution >= 0.6 is 0 Å². The number of benzene rings is 2. The number of rotatable bonds is 12. The van der Waals surface area contributed by atoms with Crippen LogP contribution in [0.3, 0.4) is 0 Å². The molecule has 0 aromatic heterocycles. The van der Waals surface area contributed by atoms with Gasteiger partial charge < -0.3 is 14.7 Å². The molecule has 2 rings (SSSR count). The molecule has 0 aliphatic carbocycles. The summed E-state index contributed by atoms with van der Waals surface area (Å²) >= 11 is 0. The van der Waals surface area contributed by atoms with Gasteiger partial charge in [-0.25, -0.2) is 0 Å². The third-order valence-electron chi connectivity index (χ3n) is 5.09. The molecule has 0 radical (unpaired) electrons. The van der Waals surface area contributed by atoms with Gasteiger partial charge in [-0.2, -0.15) is 0 Å². The molecule has 2 aromatic carbocycles. The average Bonchev–Trinajstić information content (AvgIpc) is 2.74. The van der Waals surface area contributed by atoms with Crippen molar-refractivity contribution in [3.63, 3.8) is 0 Å². The lowest BCUT2D eigenvalue weighted by atomic mass is 9.96. The zero-order valence-electron chi connectivity index (χ0n) is 17.4. The summed E-state index contributed by atoms with van der Waals surface area (Å²) in [5.74, 6) is 0.689. The van der Waals surface area contributed by atoms with E-state index in [1.54, 1.807) is 14.2 Å². The number of ether oxygens (including phenoxy) is 2. The van der Waals surface area contributed by atoms with E-state index in [4.69, 9.17) is 9.47 Å². The van der Waals surface area contributed by atoms with Crippen molar-refractivity contribution in [1.29, 1.82) is 0 Å². The van der Waals surface area contributed by atoms with Crippen molar-refractivity contribution in [3.8, 4) is 5.75 Å². The van der Waals surface area contributed by atoms with Crippen LogP contribution in [0, 0.1) is 0 Å². The molecular weight excluding hydrogens is 350 g/mol. The van der Waals surface area contributed by atoms with E-state index in [1.165, 1.54) is 32.1 Å². The Morgan fingerprint density at radius 3 is 2.39 bits per heavy atom. The van der Waals surface area contributed by atoms with Crippen LogP contribution in [-0.4, -0.2) is 31.2 Å². The third kappa shape index (κ3) is 6.38. The fraction of sp³-hybridized carbons (Fsp3) is 0.458. The van der Waals surface area contributed by atoms with Gasteiger partial charge >= 0.3 is 0 Å². The van der Waals surface area contributed by atoms with E-state index in [1.807, 2.05) is 42.5 Å². The Morgan fingerprint density at radius 1 is 1.00 bits per heavy atom.